The van der Waals surface area contributed by atoms with E-state index in [1.54, 1.807) is 31.5 Å². The second kappa shape index (κ2) is 8.86. The first-order valence-corrected chi connectivity index (χ1v) is 10.5. The van der Waals surface area contributed by atoms with Crippen LogP contribution in [0.25, 0.3) is 5.76 Å². The molecule has 4 rings (SSSR count). The molecule has 0 aliphatic carbocycles. The normalized spacial score (nSPS) is 17.5. The number of aromatic nitrogens is 1. The zero-order valence-corrected chi connectivity index (χ0v) is 18.6. The van der Waals surface area contributed by atoms with E-state index in [4.69, 9.17) is 0 Å². The summed E-state index contributed by atoms with van der Waals surface area (Å²) in [6.45, 7) is 1.77. The number of carbonyl (C=O) groups excluding carboxylic acids is 2. The van der Waals surface area contributed by atoms with Crippen LogP contribution in [0.5, 0.6) is 0 Å². The van der Waals surface area contributed by atoms with Crippen molar-refractivity contribution >= 4 is 23.1 Å². The Balaban J connectivity index is 1.86. The van der Waals surface area contributed by atoms with E-state index in [-0.39, 0.29) is 17.7 Å². The summed E-state index contributed by atoms with van der Waals surface area (Å²) < 4.78 is 14.2. The van der Waals surface area contributed by atoms with E-state index in [1.165, 1.54) is 23.1 Å². The van der Waals surface area contributed by atoms with Crippen LogP contribution in [0.3, 0.4) is 0 Å². The van der Waals surface area contributed by atoms with Gasteiger partial charge in [0.1, 0.15) is 11.6 Å². The highest BCUT2D eigenvalue weighted by atomic mass is 19.1. The van der Waals surface area contributed by atoms with Gasteiger partial charge in [0.2, 0.25) is 0 Å². The Hall–Kier alpha value is -4.00. The first-order chi connectivity index (χ1) is 15.8. The van der Waals surface area contributed by atoms with Gasteiger partial charge in [-0.2, -0.15) is 0 Å². The minimum Gasteiger partial charge on any atom is -0.507 e. The maximum Gasteiger partial charge on any atom is 0.295 e. The minimum atomic E-state index is -0.821. The van der Waals surface area contributed by atoms with Gasteiger partial charge in [-0.25, -0.2) is 4.39 Å². The maximum atomic E-state index is 14.2. The lowest BCUT2D eigenvalue weighted by Crippen LogP contribution is -2.29. The summed E-state index contributed by atoms with van der Waals surface area (Å²) >= 11 is 0. The highest BCUT2D eigenvalue weighted by molar-refractivity contribution is 6.46. The zero-order chi connectivity index (χ0) is 23.7. The number of hydrogen-bond donors (Lipinski definition) is 1. The van der Waals surface area contributed by atoms with Crippen LogP contribution in [0.4, 0.5) is 10.1 Å². The number of likely N-dealkylation sites (tertiary alicyclic amines) is 1. The van der Waals surface area contributed by atoms with Gasteiger partial charge in [-0.3, -0.25) is 14.6 Å². The summed E-state index contributed by atoms with van der Waals surface area (Å²) in [6.07, 6.45) is 3.23. The Bertz CT molecular complexity index is 1240. The number of hydrogen-bond acceptors (Lipinski definition) is 5. The summed E-state index contributed by atoms with van der Waals surface area (Å²) in [5.41, 5.74) is 2.92. The molecule has 1 atom stereocenters. The van der Waals surface area contributed by atoms with Crippen molar-refractivity contribution in [1.29, 1.82) is 0 Å². The van der Waals surface area contributed by atoms with E-state index in [0.717, 1.165) is 11.3 Å². The van der Waals surface area contributed by atoms with E-state index in [2.05, 4.69) is 4.98 Å². The smallest absolute Gasteiger partial charge is 0.295 e. The number of aliphatic hydroxyl groups is 1. The van der Waals surface area contributed by atoms with E-state index in [9.17, 15) is 19.1 Å². The van der Waals surface area contributed by atoms with Crippen molar-refractivity contribution in [3.05, 3.63) is 101 Å². The lowest BCUT2D eigenvalue weighted by Gasteiger charge is -2.26. The molecule has 0 radical (unpaired) electrons. The highest BCUT2D eigenvalue weighted by Crippen LogP contribution is 2.40. The van der Waals surface area contributed by atoms with Gasteiger partial charge in [0.05, 0.1) is 11.6 Å². The van der Waals surface area contributed by atoms with E-state index < -0.39 is 29.3 Å². The molecule has 33 heavy (non-hydrogen) atoms. The van der Waals surface area contributed by atoms with Crippen molar-refractivity contribution in [1.82, 2.24) is 9.88 Å². The van der Waals surface area contributed by atoms with Gasteiger partial charge in [0.25, 0.3) is 11.7 Å². The number of aryl methyl sites for hydroxylation is 1. The summed E-state index contributed by atoms with van der Waals surface area (Å²) in [5, 5.41) is 11.1. The number of halogens is 1. The Kier molecular flexibility index (Phi) is 5.96. The van der Waals surface area contributed by atoms with Gasteiger partial charge in [-0.05, 0) is 53.9 Å². The van der Waals surface area contributed by atoms with Crippen LogP contribution in [0.2, 0.25) is 0 Å². The molecular formula is C26H24FN3O3. The second-order valence-electron chi connectivity index (χ2n) is 8.23. The lowest BCUT2D eigenvalue weighted by molar-refractivity contribution is -0.140. The van der Waals surface area contributed by atoms with E-state index >= 15 is 0 Å². The molecule has 2 heterocycles. The Morgan fingerprint density at radius 2 is 1.73 bits per heavy atom. The minimum absolute atomic E-state index is 0.0603. The van der Waals surface area contributed by atoms with E-state index in [0.29, 0.717) is 11.1 Å². The molecule has 168 valence electrons. The van der Waals surface area contributed by atoms with Crippen molar-refractivity contribution in [3.8, 4) is 0 Å². The molecule has 6 nitrogen and oxygen atoms in total. The van der Waals surface area contributed by atoms with Gasteiger partial charge in [-0.1, -0.05) is 24.3 Å². The number of nitrogens with zero attached hydrogens (tertiary/aromatic N) is 3. The van der Waals surface area contributed by atoms with Crippen LogP contribution in [0, 0.1) is 12.7 Å². The number of Topliss-reactive ketones (excluding diaryl/α,β-unsaturated/α-hetero) is 1. The topological polar surface area (TPSA) is 73.7 Å². The number of aliphatic hydroxyl groups excluding tert-OH is 1. The summed E-state index contributed by atoms with van der Waals surface area (Å²) in [6, 6.07) is 14.4. The van der Waals surface area contributed by atoms with Crippen LogP contribution in [-0.4, -0.2) is 40.8 Å². The largest absolute Gasteiger partial charge is 0.507 e. The Labute approximate surface area is 191 Å². The quantitative estimate of drug-likeness (QED) is 0.362. The van der Waals surface area contributed by atoms with Gasteiger partial charge in [0, 0.05) is 44.3 Å². The fourth-order valence-electron chi connectivity index (χ4n) is 3.92. The molecule has 1 aliphatic rings. The van der Waals surface area contributed by atoms with Crippen molar-refractivity contribution in [3.63, 3.8) is 0 Å². The Morgan fingerprint density at radius 1 is 1.06 bits per heavy atom. The van der Waals surface area contributed by atoms with Crippen LogP contribution >= 0.6 is 0 Å². The molecule has 0 saturated carbocycles. The fraction of sp³-hybridized carbons (Fsp3) is 0.192. The average Bonchev–Trinajstić information content (AvgIpc) is 3.06. The second-order valence-corrected chi connectivity index (χ2v) is 8.23. The van der Waals surface area contributed by atoms with Crippen molar-refractivity contribution in [2.45, 2.75) is 19.5 Å². The van der Waals surface area contributed by atoms with Gasteiger partial charge in [-0.15, -0.1) is 0 Å². The predicted molar refractivity (Wildman–Crippen MR) is 124 cm³/mol. The third-order valence-electron chi connectivity index (χ3n) is 5.81. The van der Waals surface area contributed by atoms with Gasteiger partial charge >= 0.3 is 0 Å². The number of carbonyl (C=O) groups is 2. The molecule has 0 unspecified atom stereocenters. The molecule has 1 N–H and O–H groups in total. The molecule has 1 aromatic heterocycles. The monoisotopic (exact) mass is 445 g/mol. The number of anilines is 1. The molecule has 1 fully saturated rings. The summed E-state index contributed by atoms with van der Waals surface area (Å²) in [7, 11) is 3.83. The molecule has 3 aromatic rings. The fourth-order valence-corrected chi connectivity index (χ4v) is 3.92. The molecule has 0 spiro atoms. The first-order valence-electron chi connectivity index (χ1n) is 10.5. The highest BCUT2D eigenvalue weighted by Gasteiger charge is 2.46. The number of pyridine rings is 1. The maximum absolute atomic E-state index is 14.2. The number of rotatable bonds is 5. The molecule has 1 aliphatic heterocycles. The van der Waals surface area contributed by atoms with Crippen LogP contribution in [0.15, 0.2) is 72.6 Å². The molecule has 0 bridgehead atoms. The third kappa shape index (κ3) is 4.22. The standard InChI is InChI=1S/C26H24FN3O3/c1-16-4-5-19(14-21(16)27)24(31)22-23(18-6-8-20(9-7-18)29(2)3)30(26(33)25(22)32)15-17-10-12-28-13-11-17/h4-14,23,31H,15H2,1-3H3/t23-/m0/s1. The average molecular weight is 445 g/mol. The van der Waals surface area contributed by atoms with E-state index in [1.807, 2.05) is 43.3 Å². The van der Waals surface area contributed by atoms with Crippen molar-refractivity contribution in [2.24, 2.45) is 0 Å². The van der Waals surface area contributed by atoms with Crippen molar-refractivity contribution < 1.29 is 19.1 Å². The number of ketones is 1. The first kappa shape index (κ1) is 22.2. The Morgan fingerprint density at radius 3 is 2.33 bits per heavy atom. The molecule has 1 amide bonds. The summed E-state index contributed by atoms with van der Waals surface area (Å²) in [5.74, 6) is -2.42. The zero-order valence-electron chi connectivity index (χ0n) is 18.6. The SMILES string of the molecule is Cc1ccc(C(O)=C2C(=O)C(=O)N(Cc3ccncc3)[C@H]2c2ccc(N(C)C)cc2)cc1F. The number of amides is 1. The molecule has 7 heteroatoms. The van der Waals surface area contributed by atoms with Crippen LogP contribution in [0.1, 0.15) is 28.3 Å². The lowest BCUT2D eigenvalue weighted by atomic mass is 9.94. The molecule has 2 aromatic carbocycles. The van der Waals surface area contributed by atoms with Crippen molar-refractivity contribution in [2.75, 3.05) is 19.0 Å². The third-order valence-corrected chi connectivity index (χ3v) is 5.81. The predicted octanol–water partition coefficient (Wildman–Crippen LogP) is 4.22. The summed E-state index contributed by atoms with van der Waals surface area (Å²) in [4.78, 5) is 33.5. The van der Waals surface area contributed by atoms with Gasteiger partial charge < -0.3 is 14.9 Å². The molecular weight excluding hydrogens is 421 g/mol. The van der Waals surface area contributed by atoms with Crippen LogP contribution in [-0.2, 0) is 16.1 Å². The van der Waals surface area contributed by atoms with Crippen LogP contribution < -0.4 is 4.90 Å². The van der Waals surface area contributed by atoms with Gasteiger partial charge in [0.15, 0.2) is 0 Å². The number of benzene rings is 2. The molecule has 1 saturated heterocycles.